The number of ether oxygens (including phenoxy) is 3. The van der Waals surface area contributed by atoms with Crippen molar-refractivity contribution in [1.29, 1.82) is 0 Å². The number of nitrogens with one attached hydrogen (secondary N) is 1. The SMILES string of the molecule is CCOc1ccc(C(=O)Nc2cccc(OC(C)C)c2)cc1OCC. The van der Waals surface area contributed by atoms with Crippen molar-refractivity contribution in [2.75, 3.05) is 18.5 Å². The molecule has 0 spiro atoms. The molecule has 0 aliphatic carbocycles. The zero-order valence-electron chi connectivity index (χ0n) is 15.2. The zero-order chi connectivity index (χ0) is 18.2. The molecule has 0 saturated heterocycles. The van der Waals surface area contributed by atoms with Crippen molar-refractivity contribution in [2.45, 2.75) is 33.8 Å². The van der Waals surface area contributed by atoms with E-state index < -0.39 is 0 Å². The Morgan fingerprint density at radius 2 is 1.72 bits per heavy atom. The third-order valence-electron chi connectivity index (χ3n) is 3.27. The molecular weight excluding hydrogens is 318 g/mol. The van der Waals surface area contributed by atoms with Gasteiger partial charge in [-0.3, -0.25) is 4.79 Å². The molecule has 0 atom stereocenters. The maximum absolute atomic E-state index is 12.5. The highest BCUT2D eigenvalue weighted by atomic mass is 16.5. The van der Waals surface area contributed by atoms with Gasteiger partial charge in [0, 0.05) is 17.3 Å². The van der Waals surface area contributed by atoms with Gasteiger partial charge in [0.2, 0.25) is 0 Å². The predicted octanol–water partition coefficient (Wildman–Crippen LogP) is 4.52. The van der Waals surface area contributed by atoms with Crippen LogP contribution in [0.15, 0.2) is 42.5 Å². The van der Waals surface area contributed by atoms with Crippen LogP contribution in [0.3, 0.4) is 0 Å². The molecule has 2 aromatic carbocycles. The smallest absolute Gasteiger partial charge is 0.255 e. The van der Waals surface area contributed by atoms with Crippen LogP contribution in [0.4, 0.5) is 5.69 Å². The number of hydrogen-bond donors (Lipinski definition) is 1. The minimum atomic E-state index is -0.217. The standard InChI is InChI=1S/C20H25NO4/c1-5-23-18-11-10-15(12-19(18)24-6-2)20(22)21-16-8-7-9-17(13-16)25-14(3)4/h7-14H,5-6H2,1-4H3,(H,21,22). The molecular formula is C20H25NO4. The van der Waals surface area contributed by atoms with Crippen LogP contribution in [0.2, 0.25) is 0 Å². The van der Waals surface area contributed by atoms with Crippen molar-refractivity contribution in [3.8, 4) is 17.2 Å². The van der Waals surface area contributed by atoms with Gasteiger partial charge in [-0.25, -0.2) is 0 Å². The first kappa shape index (κ1) is 18.6. The van der Waals surface area contributed by atoms with Crippen molar-refractivity contribution >= 4 is 11.6 Å². The molecule has 0 aliphatic rings. The van der Waals surface area contributed by atoms with E-state index in [0.29, 0.717) is 36.0 Å². The summed E-state index contributed by atoms with van der Waals surface area (Å²) < 4.78 is 16.7. The molecule has 134 valence electrons. The van der Waals surface area contributed by atoms with Crippen LogP contribution in [0.5, 0.6) is 17.2 Å². The summed E-state index contributed by atoms with van der Waals surface area (Å²) in [5.74, 6) is 1.70. The van der Waals surface area contributed by atoms with E-state index in [-0.39, 0.29) is 12.0 Å². The lowest BCUT2D eigenvalue weighted by atomic mass is 10.1. The first-order valence-electron chi connectivity index (χ1n) is 8.51. The van der Waals surface area contributed by atoms with Gasteiger partial charge in [-0.15, -0.1) is 0 Å². The summed E-state index contributed by atoms with van der Waals surface area (Å²) in [6.07, 6.45) is 0.0748. The van der Waals surface area contributed by atoms with E-state index in [1.807, 2.05) is 45.9 Å². The molecule has 0 aliphatic heterocycles. The highest BCUT2D eigenvalue weighted by Crippen LogP contribution is 2.29. The zero-order valence-corrected chi connectivity index (χ0v) is 15.2. The number of hydrogen-bond acceptors (Lipinski definition) is 4. The molecule has 1 amide bonds. The fraction of sp³-hybridized carbons (Fsp3) is 0.350. The summed E-state index contributed by atoms with van der Waals surface area (Å²) in [7, 11) is 0. The van der Waals surface area contributed by atoms with Crippen LogP contribution < -0.4 is 19.5 Å². The van der Waals surface area contributed by atoms with E-state index in [0.717, 1.165) is 5.75 Å². The predicted molar refractivity (Wildman–Crippen MR) is 98.9 cm³/mol. The van der Waals surface area contributed by atoms with Gasteiger partial charge >= 0.3 is 0 Å². The molecule has 0 saturated carbocycles. The number of carbonyl (C=O) groups excluding carboxylic acids is 1. The topological polar surface area (TPSA) is 56.8 Å². The normalized spacial score (nSPS) is 10.4. The van der Waals surface area contributed by atoms with Crippen LogP contribution in [-0.2, 0) is 0 Å². The Morgan fingerprint density at radius 1 is 1.00 bits per heavy atom. The van der Waals surface area contributed by atoms with Crippen molar-refractivity contribution in [2.24, 2.45) is 0 Å². The molecule has 0 unspecified atom stereocenters. The third kappa shape index (κ3) is 5.41. The van der Waals surface area contributed by atoms with Crippen molar-refractivity contribution in [3.63, 3.8) is 0 Å². The maximum Gasteiger partial charge on any atom is 0.255 e. The summed E-state index contributed by atoms with van der Waals surface area (Å²) in [6, 6.07) is 12.5. The molecule has 0 aromatic heterocycles. The van der Waals surface area contributed by atoms with E-state index >= 15 is 0 Å². The van der Waals surface area contributed by atoms with E-state index in [2.05, 4.69) is 5.32 Å². The Balaban J connectivity index is 2.16. The maximum atomic E-state index is 12.5. The molecule has 5 heteroatoms. The Bertz CT molecular complexity index is 713. The molecule has 2 rings (SSSR count). The van der Waals surface area contributed by atoms with Crippen molar-refractivity contribution in [3.05, 3.63) is 48.0 Å². The van der Waals surface area contributed by atoms with Gasteiger partial charge in [-0.2, -0.15) is 0 Å². The first-order chi connectivity index (χ1) is 12.0. The second-order valence-electron chi connectivity index (χ2n) is 5.68. The summed E-state index contributed by atoms with van der Waals surface area (Å²) in [4.78, 5) is 12.5. The summed E-state index contributed by atoms with van der Waals surface area (Å²) in [5, 5.41) is 2.88. The largest absolute Gasteiger partial charge is 0.491 e. The molecule has 0 fully saturated rings. The monoisotopic (exact) mass is 343 g/mol. The summed E-state index contributed by atoms with van der Waals surface area (Å²) >= 11 is 0. The Kier molecular flexibility index (Phi) is 6.69. The number of benzene rings is 2. The molecule has 5 nitrogen and oxygen atoms in total. The fourth-order valence-electron chi connectivity index (χ4n) is 2.31. The van der Waals surface area contributed by atoms with Gasteiger partial charge in [0.15, 0.2) is 11.5 Å². The first-order valence-corrected chi connectivity index (χ1v) is 8.51. The number of carbonyl (C=O) groups is 1. The lowest BCUT2D eigenvalue weighted by Crippen LogP contribution is -2.13. The van der Waals surface area contributed by atoms with E-state index in [9.17, 15) is 4.79 Å². The van der Waals surface area contributed by atoms with Crippen LogP contribution in [0.1, 0.15) is 38.1 Å². The second kappa shape index (κ2) is 8.97. The number of amides is 1. The minimum absolute atomic E-state index is 0.0748. The van der Waals surface area contributed by atoms with E-state index in [1.165, 1.54) is 0 Å². The average Bonchev–Trinajstić information content (AvgIpc) is 2.56. The molecule has 0 heterocycles. The lowest BCUT2D eigenvalue weighted by molar-refractivity contribution is 0.102. The van der Waals surface area contributed by atoms with Crippen LogP contribution in [-0.4, -0.2) is 25.2 Å². The summed E-state index contributed by atoms with van der Waals surface area (Å²) in [6.45, 7) is 8.75. The number of anilines is 1. The highest BCUT2D eigenvalue weighted by molar-refractivity contribution is 6.04. The van der Waals surface area contributed by atoms with E-state index in [1.54, 1.807) is 24.3 Å². The Hall–Kier alpha value is -2.69. The minimum Gasteiger partial charge on any atom is -0.491 e. The van der Waals surface area contributed by atoms with Crippen molar-refractivity contribution < 1.29 is 19.0 Å². The van der Waals surface area contributed by atoms with Gasteiger partial charge < -0.3 is 19.5 Å². The van der Waals surface area contributed by atoms with Gasteiger partial charge in [0.05, 0.1) is 19.3 Å². The fourth-order valence-corrected chi connectivity index (χ4v) is 2.31. The van der Waals surface area contributed by atoms with Gasteiger partial charge in [0.1, 0.15) is 5.75 Å². The Labute approximate surface area is 148 Å². The molecule has 25 heavy (non-hydrogen) atoms. The van der Waals surface area contributed by atoms with Crippen LogP contribution in [0, 0.1) is 0 Å². The molecule has 1 N–H and O–H groups in total. The Morgan fingerprint density at radius 3 is 2.40 bits per heavy atom. The van der Waals surface area contributed by atoms with Crippen molar-refractivity contribution in [1.82, 2.24) is 0 Å². The van der Waals surface area contributed by atoms with Crippen LogP contribution in [0.25, 0.3) is 0 Å². The average molecular weight is 343 g/mol. The molecule has 0 bridgehead atoms. The second-order valence-corrected chi connectivity index (χ2v) is 5.68. The third-order valence-corrected chi connectivity index (χ3v) is 3.27. The molecule has 0 radical (unpaired) electrons. The van der Waals surface area contributed by atoms with Gasteiger partial charge in [-0.1, -0.05) is 6.07 Å². The summed E-state index contributed by atoms with van der Waals surface area (Å²) in [5.41, 5.74) is 1.18. The van der Waals surface area contributed by atoms with E-state index in [4.69, 9.17) is 14.2 Å². The highest BCUT2D eigenvalue weighted by Gasteiger charge is 2.12. The van der Waals surface area contributed by atoms with Gasteiger partial charge in [0.25, 0.3) is 5.91 Å². The van der Waals surface area contributed by atoms with Gasteiger partial charge in [-0.05, 0) is 58.0 Å². The quantitative estimate of drug-likeness (QED) is 0.765. The lowest BCUT2D eigenvalue weighted by Gasteiger charge is -2.13. The number of rotatable bonds is 8. The molecule has 2 aromatic rings. The van der Waals surface area contributed by atoms with Crippen LogP contribution >= 0.6 is 0 Å².